The summed E-state index contributed by atoms with van der Waals surface area (Å²) in [5, 5.41) is 15.5. The number of methoxy groups -OCH3 is 2. The molecule has 102 valence electrons. The summed E-state index contributed by atoms with van der Waals surface area (Å²) < 4.78 is 12.4. The maximum absolute atomic E-state index is 9.87. The van der Waals surface area contributed by atoms with Crippen LogP contribution in [0.25, 0.3) is 0 Å². The van der Waals surface area contributed by atoms with Crippen LogP contribution < -0.4 is 0 Å². The summed E-state index contributed by atoms with van der Waals surface area (Å²) in [6.45, 7) is 2.39. The molecule has 0 unspecified atom stereocenters. The van der Waals surface area contributed by atoms with E-state index in [0.717, 1.165) is 6.92 Å². The van der Waals surface area contributed by atoms with E-state index in [9.17, 15) is 9.59 Å². The largest absolute Gasteiger partial charge is 0.507 e. The molecule has 0 aliphatic rings. The van der Waals surface area contributed by atoms with E-state index in [2.05, 4.69) is 14.2 Å². The molecular weight excluding hydrogens is 236 g/mol. The highest BCUT2D eigenvalue weighted by Gasteiger charge is 1.88. The summed E-state index contributed by atoms with van der Waals surface area (Å²) in [6.07, 6.45) is -0.657. The molecule has 8 nitrogen and oxygen atoms in total. The first kappa shape index (κ1) is 20.6. The smallest absolute Gasteiger partial charge is 0.481 e. The van der Waals surface area contributed by atoms with Gasteiger partial charge in [0.15, 0.2) is 0 Å². The minimum Gasteiger partial charge on any atom is -0.481 e. The van der Waals surface area contributed by atoms with Crippen LogP contribution in [0, 0.1) is 0 Å². The molecule has 0 aromatic heterocycles. The first-order chi connectivity index (χ1) is 7.81. The van der Waals surface area contributed by atoms with Crippen molar-refractivity contribution in [2.45, 2.75) is 13.8 Å². The van der Waals surface area contributed by atoms with Crippen molar-refractivity contribution in [2.24, 2.45) is 0 Å². The number of carbonyl (C=O) groups is 3. The highest BCUT2D eigenvalue weighted by molar-refractivity contribution is 5.65. The molecule has 0 amide bonds. The Morgan fingerprint density at radius 3 is 1.47 bits per heavy atom. The Hall–Kier alpha value is -1.83. The molecule has 0 saturated carbocycles. The van der Waals surface area contributed by atoms with Gasteiger partial charge in [0.2, 0.25) is 0 Å². The van der Waals surface area contributed by atoms with Gasteiger partial charge >= 0.3 is 12.1 Å². The Morgan fingerprint density at radius 2 is 1.41 bits per heavy atom. The first-order valence-electron chi connectivity index (χ1n) is 4.37. The molecule has 0 rings (SSSR count). The van der Waals surface area contributed by atoms with Gasteiger partial charge in [-0.2, -0.15) is 0 Å². The summed E-state index contributed by atoms with van der Waals surface area (Å²) in [7, 11) is 2.51. The van der Waals surface area contributed by atoms with Crippen LogP contribution in [0.4, 0.5) is 4.79 Å². The van der Waals surface area contributed by atoms with Crippen molar-refractivity contribution in [3.05, 3.63) is 0 Å². The number of aliphatic carboxylic acids is 1. The van der Waals surface area contributed by atoms with E-state index in [0.29, 0.717) is 0 Å². The lowest BCUT2D eigenvalue weighted by Gasteiger charge is -1.93. The van der Waals surface area contributed by atoms with Gasteiger partial charge in [-0.1, -0.05) is 0 Å². The summed E-state index contributed by atoms with van der Waals surface area (Å²) in [5.41, 5.74) is 0. The second-order valence-electron chi connectivity index (χ2n) is 2.24. The fraction of sp³-hybridized carbons (Fsp3) is 0.667. The quantitative estimate of drug-likeness (QED) is 0.662. The van der Waals surface area contributed by atoms with E-state index in [4.69, 9.17) is 15.0 Å². The van der Waals surface area contributed by atoms with E-state index in [1.807, 2.05) is 0 Å². The van der Waals surface area contributed by atoms with E-state index in [1.165, 1.54) is 21.1 Å². The van der Waals surface area contributed by atoms with Crippen LogP contribution in [0.15, 0.2) is 0 Å². The molecule has 0 saturated heterocycles. The Kier molecular flexibility index (Phi) is 20.1. The van der Waals surface area contributed by atoms with Gasteiger partial charge in [0.05, 0.1) is 20.8 Å². The Labute approximate surface area is 99.1 Å². The Balaban J connectivity index is -0.000000180. The molecule has 0 aliphatic carbocycles. The monoisotopic (exact) mass is 254 g/mol. The molecule has 0 heterocycles. The van der Waals surface area contributed by atoms with Crippen molar-refractivity contribution in [1.82, 2.24) is 0 Å². The molecule has 0 fully saturated rings. The van der Waals surface area contributed by atoms with Crippen LogP contribution in [-0.4, -0.2) is 55.7 Å². The molecule has 0 aromatic rings. The van der Waals surface area contributed by atoms with Crippen molar-refractivity contribution < 1.29 is 38.8 Å². The topological polar surface area (TPSA) is 119 Å². The molecule has 0 radical (unpaired) electrons. The number of hydrogen-bond acceptors (Lipinski definition) is 7. The zero-order valence-electron chi connectivity index (χ0n) is 10.3. The van der Waals surface area contributed by atoms with Crippen LogP contribution in [0.5, 0.6) is 0 Å². The number of aliphatic hydroxyl groups excluding tert-OH is 1. The second kappa shape index (κ2) is 16.6. The number of esters is 1. The van der Waals surface area contributed by atoms with E-state index < -0.39 is 12.1 Å². The van der Waals surface area contributed by atoms with Crippen molar-refractivity contribution >= 4 is 18.1 Å². The number of carboxylic acids is 1. The summed E-state index contributed by atoms with van der Waals surface area (Å²) in [6, 6.07) is 0. The third-order valence-electron chi connectivity index (χ3n) is 0.730. The zero-order chi connectivity index (χ0) is 14.3. The van der Waals surface area contributed by atoms with Crippen LogP contribution in [0.2, 0.25) is 0 Å². The minimum absolute atomic E-state index is 0.0976. The molecule has 2 N–H and O–H groups in total. The Bertz CT molecular complexity index is 203. The molecule has 0 aromatic carbocycles. The summed E-state index contributed by atoms with van der Waals surface area (Å²) >= 11 is 0. The van der Waals surface area contributed by atoms with Crippen LogP contribution in [-0.2, 0) is 23.8 Å². The number of hydrogen-bond donors (Lipinski definition) is 2. The number of ether oxygens (including phenoxy) is 3. The maximum Gasteiger partial charge on any atom is 0.507 e. The van der Waals surface area contributed by atoms with Crippen molar-refractivity contribution in [3.8, 4) is 0 Å². The molecule has 0 aliphatic heterocycles. The van der Waals surface area contributed by atoms with Crippen molar-refractivity contribution in [3.63, 3.8) is 0 Å². The predicted octanol–water partition coefficient (Wildman–Crippen LogP) is 0.0319. The minimum atomic E-state index is -0.833. The number of aliphatic hydroxyl groups is 1. The van der Waals surface area contributed by atoms with E-state index in [1.54, 1.807) is 0 Å². The summed E-state index contributed by atoms with van der Waals surface area (Å²) in [5.74, 6) is -1.19. The normalized spacial score (nSPS) is 7.35. The SMILES string of the molecule is CC(=O)O.CC(=O)OCCO.COC(=O)OC. The van der Waals surface area contributed by atoms with E-state index in [-0.39, 0.29) is 19.2 Å². The second-order valence-corrected chi connectivity index (χ2v) is 2.24. The van der Waals surface area contributed by atoms with Gasteiger partial charge in [0.25, 0.3) is 5.97 Å². The summed E-state index contributed by atoms with van der Waals surface area (Å²) in [4.78, 5) is 28.6. The number of carbonyl (C=O) groups excluding carboxylic acids is 2. The fourth-order valence-electron chi connectivity index (χ4n) is 0.273. The molecule has 0 atom stereocenters. The van der Waals surface area contributed by atoms with Gasteiger partial charge < -0.3 is 24.4 Å². The van der Waals surface area contributed by atoms with Gasteiger partial charge in [-0.3, -0.25) is 9.59 Å². The molecular formula is C9H18O8. The third-order valence-corrected chi connectivity index (χ3v) is 0.730. The highest BCUT2D eigenvalue weighted by Crippen LogP contribution is 1.72. The molecule has 17 heavy (non-hydrogen) atoms. The van der Waals surface area contributed by atoms with E-state index >= 15 is 0 Å². The predicted molar refractivity (Wildman–Crippen MR) is 56.4 cm³/mol. The maximum atomic E-state index is 9.87. The highest BCUT2D eigenvalue weighted by atomic mass is 16.7. The average Bonchev–Trinajstić information content (AvgIpc) is 2.25. The zero-order valence-corrected chi connectivity index (χ0v) is 10.3. The fourth-order valence-corrected chi connectivity index (χ4v) is 0.273. The van der Waals surface area contributed by atoms with Crippen molar-refractivity contribution in [1.29, 1.82) is 0 Å². The van der Waals surface area contributed by atoms with Gasteiger partial charge in [0, 0.05) is 13.8 Å². The number of rotatable bonds is 2. The molecule has 0 spiro atoms. The lowest BCUT2D eigenvalue weighted by molar-refractivity contribution is -0.142. The molecule has 0 bridgehead atoms. The van der Waals surface area contributed by atoms with Gasteiger partial charge in [-0.15, -0.1) is 0 Å². The lowest BCUT2D eigenvalue weighted by atomic mass is 10.7. The molecule has 8 heteroatoms. The van der Waals surface area contributed by atoms with Gasteiger partial charge in [-0.25, -0.2) is 4.79 Å². The lowest BCUT2D eigenvalue weighted by Crippen LogP contribution is -2.03. The standard InChI is InChI=1S/C4H8O3.C3H6O3.C2H4O2/c1-4(6)7-3-2-5;1-5-3(4)6-2;1-2(3)4/h5H,2-3H2,1H3;1-2H3;1H3,(H,3,4). The Morgan fingerprint density at radius 1 is 1.06 bits per heavy atom. The van der Waals surface area contributed by atoms with Gasteiger partial charge in [0.1, 0.15) is 6.61 Å². The van der Waals surface area contributed by atoms with Gasteiger partial charge in [-0.05, 0) is 0 Å². The first-order valence-corrected chi connectivity index (χ1v) is 4.37. The number of carboxylic acid groups (broad SMARTS) is 1. The average molecular weight is 254 g/mol. The van der Waals surface area contributed by atoms with Crippen LogP contribution in [0.1, 0.15) is 13.8 Å². The van der Waals surface area contributed by atoms with Crippen molar-refractivity contribution in [2.75, 3.05) is 27.4 Å². The van der Waals surface area contributed by atoms with Crippen LogP contribution in [0.3, 0.4) is 0 Å². The third kappa shape index (κ3) is 55.1. The van der Waals surface area contributed by atoms with Crippen LogP contribution >= 0.6 is 0 Å².